The Balaban J connectivity index is -0.000000694. The Labute approximate surface area is 335 Å². The van der Waals surface area contributed by atoms with Crippen LogP contribution in [-0.4, -0.2) is 58.4 Å². The van der Waals surface area contributed by atoms with Gasteiger partial charge in [-0.1, -0.05) is 123 Å². The average Bonchev–Trinajstić information content (AvgIpc) is 3.01. The molecule has 0 spiro atoms. The van der Waals surface area contributed by atoms with E-state index in [0.29, 0.717) is 25.8 Å². The second-order valence-electron chi connectivity index (χ2n) is 12.3. The standard InChI is InChI=1S/C29H53NO6.C6H14N2O2.2Na/c1-3-5-7-9-11-13-15-17-19-21-26(31)30(25(29(35)36)23-24-28(33)34)27(32)22-20-18-16-14-12-10-8-6-4-2;7-4-2-1-3-5(8)6(9)10;;/h25H,3-24H2,1-2H3,(H,33,34)(H,35,36);5H,1-4,7-8H2,(H,9,10);;/q;;2*+1/p-2/t25-;5-;;/m00../s1. The van der Waals surface area contributed by atoms with E-state index in [1.165, 1.54) is 64.2 Å². The molecule has 0 saturated carbocycles. The molecule has 5 N–H and O–H groups in total. The Bertz CT molecular complexity index is 787. The van der Waals surface area contributed by atoms with Gasteiger partial charge in [0.25, 0.3) is 0 Å². The van der Waals surface area contributed by atoms with Gasteiger partial charge in [-0.05, 0) is 38.6 Å². The van der Waals surface area contributed by atoms with Gasteiger partial charge in [0, 0.05) is 25.3 Å². The number of hydrogen-bond donors (Lipinski definition) is 3. The molecule has 0 unspecified atom stereocenters. The van der Waals surface area contributed by atoms with Gasteiger partial charge in [-0.25, -0.2) is 0 Å². The maximum atomic E-state index is 12.9. The number of amides is 2. The van der Waals surface area contributed by atoms with Crippen molar-refractivity contribution < 1.29 is 98.4 Å². The van der Waals surface area contributed by atoms with Gasteiger partial charge in [-0.2, -0.15) is 0 Å². The van der Waals surface area contributed by atoms with Crippen LogP contribution in [0.5, 0.6) is 0 Å². The number of carboxylic acid groups (broad SMARTS) is 3. The molecule has 0 rings (SSSR count). The third kappa shape index (κ3) is 33.9. The van der Waals surface area contributed by atoms with E-state index in [0.717, 1.165) is 56.3 Å². The van der Waals surface area contributed by atoms with Crippen molar-refractivity contribution in [3.05, 3.63) is 0 Å². The van der Waals surface area contributed by atoms with Crippen LogP contribution in [0.25, 0.3) is 0 Å². The first kappa shape index (κ1) is 54.2. The summed E-state index contributed by atoms with van der Waals surface area (Å²) in [7, 11) is 0. The van der Waals surface area contributed by atoms with Gasteiger partial charge in [0.1, 0.15) is 0 Å². The van der Waals surface area contributed by atoms with Crippen LogP contribution in [0.15, 0.2) is 0 Å². The molecule has 48 heavy (non-hydrogen) atoms. The summed E-state index contributed by atoms with van der Waals surface area (Å²) in [6, 6.07) is -2.36. The monoisotopic (exact) mass is 701 g/mol. The van der Waals surface area contributed by atoms with Gasteiger partial charge in [0.05, 0.1) is 18.0 Å². The Kier molecular flexibility index (Phi) is 44.4. The number of aliphatic carboxylic acids is 3. The fourth-order valence-corrected chi connectivity index (χ4v) is 5.14. The molecule has 0 aromatic carbocycles. The summed E-state index contributed by atoms with van der Waals surface area (Å²) in [4.78, 5) is 59.4. The number of unbranched alkanes of at least 4 members (excludes halogenated alkanes) is 17. The first-order valence-corrected chi connectivity index (χ1v) is 18.0. The zero-order chi connectivity index (χ0) is 35.0. The van der Waals surface area contributed by atoms with Crippen LogP contribution in [0.4, 0.5) is 0 Å². The Morgan fingerprint density at radius 2 is 0.938 bits per heavy atom. The number of nitrogens with two attached hydrogens (primary N) is 2. The van der Waals surface area contributed by atoms with Gasteiger partial charge >= 0.3 is 65.1 Å². The summed E-state index contributed by atoms with van der Waals surface area (Å²) in [6.45, 7) is 4.96. The summed E-state index contributed by atoms with van der Waals surface area (Å²) in [6.07, 6.45) is 20.9. The molecule has 2 atom stereocenters. The van der Waals surface area contributed by atoms with Crippen LogP contribution in [-0.2, 0) is 24.0 Å². The van der Waals surface area contributed by atoms with Crippen molar-refractivity contribution >= 4 is 29.7 Å². The molecule has 0 radical (unpaired) electrons. The van der Waals surface area contributed by atoms with Crippen molar-refractivity contribution in [3.8, 4) is 0 Å². The number of hydrogen-bond acceptors (Lipinski definition) is 9. The van der Waals surface area contributed by atoms with Crippen LogP contribution in [0.2, 0.25) is 0 Å². The predicted octanol–water partition coefficient (Wildman–Crippen LogP) is -1.63. The van der Waals surface area contributed by atoms with Gasteiger partial charge < -0.3 is 36.4 Å². The molecular weight excluding hydrogens is 636 g/mol. The van der Waals surface area contributed by atoms with Crippen molar-refractivity contribution in [1.29, 1.82) is 0 Å². The molecule has 0 aliphatic heterocycles. The molecular formula is C35H65N3Na2O8. The largest absolute Gasteiger partial charge is 1.00 e. The molecule has 13 heteroatoms. The Morgan fingerprint density at radius 1 is 0.562 bits per heavy atom. The van der Waals surface area contributed by atoms with Gasteiger partial charge in [-0.3, -0.25) is 19.3 Å². The van der Waals surface area contributed by atoms with Crippen molar-refractivity contribution in [3.63, 3.8) is 0 Å². The number of carboxylic acids is 3. The molecule has 0 aliphatic carbocycles. The average molecular weight is 702 g/mol. The van der Waals surface area contributed by atoms with E-state index in [4.69, 9.17) is 16.6 Å². The normalized spacial score (nSPS) is 11.6. The first-order valence-electron chi connectivity index (χ1n) is 18.0. The summed E-state index contributed by atoms with van der Waals surface area (Å²) in [5.74, 6) is -4.98. The van der Waals surface area contributed by atoms with Crippen LogP contribution in [0.3, 0.4) is 0 Å². The zero-order valence-electron chi connectivity index (χ0n) is 30.9. The molecule has 0 bridgehead atoms. The maximum Gasteiger partial charge on any atom is 1.00 e. The fourth-order valence-electron chi connectivity index (χ4n) is 5.14. The third-order valence-electron chi connectivity index (χ3n) is 8.01. The second kappa shape index (κ2) is 39.3. The van der Waals surface area contributed by atoms with E-state index in [1.54, 1.807) is 0 Å². The van der Waals surface area contributed by atoms with Crippen LogP contribution >= 0.6 is 0 Å². The van der Waals surface area contributed by atoms with E-state index in [-0.39, 0.29) is 78.4 Å². The molecule has 270 valence electrons. The summed E-state index contributed by atoms with van der Waals surface area (Å²) < 4.78 is 0. The summed E-state index contributed by atoms with van der Waals surface area (Å²) >= 11 is 0. The van der Waals surface area contributed by atoms with Crippen LogP contribution < -0.4 is 80.8 Å². The first-order chi connectivity index (χ1) is 22.0. The predicted molar refractivity (Wildman–Crippen MR) is 177 cm³/mol. The van der Waals surface area contributed by atoms with E-state index in [2.05, 4.69) is 13.8 Å². The number of carbonyl (C=O) groups excluding carboxylic acids is 4. The van der Waals surface area contributed by atoms with Gasteiger partial charge in [-0.15, -0.1) is 0 Å². The fraction of sp³-hybridized carbons (Fsp3) is 0.857. The molecule has 0 aromatic rings. The van der Waals surface area contributed by atoms with Crippen molar-refractivity contribution in [1.82, 2.24) is 4.90 Å². The van der Waals surface area contributed by atoms with Crippen LogP contribution in [0, 0.1) is 0 Å². The molecule has 0 fully saturated rings. The smallest absolute Gasteiger partial charge is 0.548 e. The van der Waals surface area contributed by atoms with Gasteiger partial charge in [0.2, 0.25) is 11.8 Å². The van der Waals surface area contributed by atoms with Crippen molar-refractivity contribution in [2.75, 3.05) is 6.54 Å². The molecule has 0 aliphatic rings. The molecule has 0 heterocycles. The quantitative estimate of drug-likeness (QED) is 0.0576. The van der Waals surface area contributed by atoms with E-state index in [9.17, 15) is 34.2 Å². The molecule has 11 nitrogen and oxygen atoms in total. The van der Waals surface area contributed by atoms with E-state index < -0.39 is 48.2 Å². The Morgan fingerprint density at radius 3 is 1.25 bits per heavy atom. The van der Waals surface area contributed by atoms with Crippen molar-refractivity contribution in [2.24, 2.45) is 11.5 Å². The van der Waals surface area contributed by atoms with Crippen LogP contribution in [0.1, 0.15) is 174 Å². The minimum Gasteiger partial charge on any atom is -0.548 e. The third-order valence-corrected chi connectivity index (χ3v) is 8.01. The topological polar surface area (TPSA) is 207 Å². The molecule has 0 aromatic heterocycles. The minimum atomic E-state index is -1.57. The Hall–Kier alpha value is -0.530. The van der Waals surface area contributed by atoms with Gasteiger partial charge in [0.15, 0.2) is 0 Å². The van der Waals surface area contributed by atoms with Crippen molar-refractivity contribution in [2.45, 2.75) is 186 Å². The number of rotatable bonds is 30. The minimum absolute atomic E-state index is 0. The number of carbonyl (C=O) groups is 5. The molecule has 2 amide bonds. The van der Waals surface area contributed by atoms with E-state index >= 15 is 0 Å². The van der Waals surface area contributed by atoms with E-state index in [1.807, 2.05) is 0 Å². The summed E-state index contributed by atoms with van der Waals surface area (Å²) in [5, 5.41) is 30.8. The summed E-state index contributed by atoms with van der Waals surface area (Å²) in [5.41, 5.74) is 10.3. The SMILES string of the molecule is CCCCCCCCCCCC(=O)N(C(=O)CCCCCCCCCCC)[C@@H](CCC(=O)O)C(=O)[O-].NCCCC[C@H](N)C(=O)[O-].[Na+].[Na+]. The maximum absolute atomic E-state index is 12.9. The second-order valence-corrected chi connectivity index (χ2v) is 12.3. The number of nitrogens with zero attached hydrogens (tertiary/aromatic N) is 1. The number of imide groups is 1. The zero-order valence-corrected chi connectivity index (χ0v) is 34.9. The molecule has 0 saturated heterocycles.